The number of carbonyl (C=O) groups excluding carboxylic acids is 1. The number of allylic oxidation sites excluding steroid dienone is 3. The van der Waals surface area contributed by atoms with E-state index >= 15 is 0 Å². The van der Waals surface area contributed by atoms with E-state index in [0.29, 0.717) is 47.7 Å². The van der Waals surface area contributed by atoms with Gasteiger partial charge in [-0.05, 0) is 44.1 Å². The Balaban J connectivity index is 1.69. The first kappa shape index (κ1) is 22.9. The number of nitrogens with zero attached hydrogens (tertiary/aromatic N) is 4. The first-order valence-corrected chi connectivity index (χ1v) is 10.2. The Morgan fingerprint density at radius 3 is 2.75 bits per heavy atom. The van der Waals surface area contributed by atoms with E-state index in [0.717, 1.165) is 22.8 Å². The lowest BCUT2D eigenvalue weighted by molar-refractivity contribution is -0.139. The number of carboxylic acid groups (broad SMARTS) is 1. The summed E-state index contributed by atoms with van der Waals surface area (Å²) in [4.78, 5) is 36.1. The maximum atomic E-state index is 11.1. The van der Waals surface area contributed by atoms with Gasteiger partial charge < -0.3 is 19.5 Å². The molecule has 32 heavy (non-hydrogen) atoms. The van der Waals surface area contributed by atoms with Crippen LogP contribution in [0, 0.1) is 12.8 Å². The molecule has 0 saturated heterocycles. The minimum Gasteiger partial charge on any atom is -0.495 e. The molecule has 1 aliphatic rings. The van der Waals surface area contributed by atoms with Gasteiger partial charge in [-0.25, -0.2) is 4.98 Å². The summed E-state index contributed by atoms with van der Waals surface area (Å²) in [5.41, 5.74) is 2.39. The number of aryl methyl sites for hydroxylation is 1. The van der Waals surface area contributed by atoms with Gasteiger partial charge in [0.25, 0.3) is 0 Å². The molecular formula is C23H26N4O5. The molecule has 2 atom stereocenters. The van der Waals surface area contributed by atoms with E-state index in [1.165, 1.54) is 6.20 Å². The predicted molar refractivity (Wildman–Crippen MR) is 117 cm³/mol. The van der Waals surface area contributed by atoms with Crippen molar-refractivity contribution < 1.29 is 24.2 Å². The minimum atomic E-state index is -1.10. The van der Waals surface area contributed by atoms with E-state index in [-0.39, 0.29) is 0 Å². The summed E-state index contributed by atoms with van der Waals surface area (Å²) >= 11 is 0. The van der Waals surface area contributed by atoms with Crippen molar-refractivity contribution in [3.8, 4) is 11.6 Å². The molecule has 0 spiro atoms. The standard InChI is InChI=1S/C23H26N4O5/c1-4-16(7-8-27(14-28)12-22(29)30)20-11-24-15(2)26-23(20)32-13-17-9-19(17)21-6-5-18(31-3)10-25-21/h4-8,10-11,14,17,19H,9,12-13H2,1-3H3,(H,29,30)/b8-7-,16-4+. The molecule has 0 bridgehead atoms. The van der Waals surface area contributed by atoms with E-state index in [9.17, 15) is 9.59 Å². The third kappa shape index (κ3) is 5.90. The van der Waals surface area contributed by atoms with Crippen LogP contribution < -0.4 is 9.47 Å². The van der Waals surface area contributed by atoms with Crippen LogP contribution in [0.4, 0.5) is 0 Å². The van der Waals surface area contributed by atoms with Crippen LogP contribution in [0.25, 0.3) is 5.57 Å². The Labute approximate surface area is 186 Å². The molecule has 1 amide bonds. The fraction of sp³-hybridized carbons (Fsp3) is 0.348. The van der Waals surface area contributed by atoms with Crippen molar-refractivity contribution in [2.45, 2.75) is 26.2 Å². The first-order valence-electron chi connectivity index (χ1n) is 10.2. The zero-order valence-corrected chi connectivity index (χ0v) is 18.3. The number of ether oxygens (including phenoxy) is 2. The van der Waals surface area contributed by atoms with Crippen LogP contribution in [0.15, 0.2) is 42.9 Å². The number of carbonyl (C=O) groups is 2. The Bertz CT molecular complexity index is 1020. The Morgan fingerprint density at radius 1 is 1.31 bits per heavy atom. The summed E-state index contributed by atoms with van der Waals surface area (Å²) < 4.78 is 11.2. The minimum absolute atomic E-state index is 0.338. The van der Waals surface area contributed by atoms with E-state index < -0.39 is 12.5 Å². The highest BCUT2D eigenvalue weighted by Crippen LogP contribution is 2.47. The largest absolute Gasteiger partial charge is 0.495 e. The van der Waals surface area contributed by atoms with Gasteiger partial charge in [-0.15, -0.1) is 0 Å². The number of hydrogen-bond donors (Lipinski definition) is 1. The van der Waals surface area contributed by atoms with Crippen molar-refractivity contribution in [1.29, 1.82) is 0 Å². The zero-order chi connectivity index (χ0) is 23.1. The fourth-order valence-electron chi connectivity index (χ4n) is 3.27. The molecule has 3 rings (SSSR count). The maximum Gasteiger partial charge on any atom is 0.323 e. The lowest BCUT2D eigenvalue weighted by Gasteiger charge is -2.13. The van der Waals surface area contributed by atoms with Crippen LogP contribution in [0.5, 0.6) is 11.6 Å². The van der Waals surface area contributed by atoms with Gasteiger partial charge >= 0.3 is 5.97 Å². The van der Waals surface area contributed by atoms with Crippen LogP contribution >= 0.6 is 0 Å². The molecule has 9 nitrogen and oxygen atoms in total. The molecule has 2 aromatic heterocycles. The van der Waals surface area contributed by atoms with Gasteiger partial charge in [0.15, 0.2) is 0 Å². The third-order valence-corrected chi connectivity index (χ3v) is 5.13. The monoisotopic (exact) mass is 438 g/mol. The summed E-state index contributed by atoms with van der Waals surface area (Å²) in [7, 11) is 1.61. The molecule has 2 unspecified atom stereocenters. The van der Waals surface area contributed by atoms with Gasteiger partial charge in [-0.1, -0.05) is 6.08 Å². The first-order chi connectivity index (χ1) is 15.4. The summed E-state index contributed by atoms with van der Waals surface area (Å²) in [5.74, 6) is 1.33. The number of aromatic nitrogens is 3. The second-order valence-corrected chi connectivity index (χ2v) is 7.40. The average Bonchev–Trinajstić information content (AvgIpc) is 3.57. The molecule has 0 radical (unpaired) electrons. The van der Waals surface area contributed by atoms with Crippen LogP contribution in [0.2, 0.25) is 0 Å². The van der Waals surface area contributed by atoms with Crippen LogP contribution in [0.1, 0.15) is 36.3 Å². The number of pyridine rings is 1. The Hall–Kier alpha value is -3.75. The smallest absolute Gasteiger partial charge is 0.323 e. The summed E-state index contributed by atoms with van der Waals surface area (Å²) in [5, 5.41) is 8.89. The summed E-state index contributed by atoms with van der Waals surface area (Å²) in [6.45, 7) is 3.68. The van der Waals surface area contributed by atoms with Crippen LogP contribution in [-0.4, -0.2) is 57.6 Å². The van der Waals surface area contributed by atoms with Gasteiger partial charge in [0.2, 0.25) is 12.3 Å². The van der Waals surface area contributed by atoms with Gasteiger partial charge in [-0.3, -0.25) is 14.6 Å². The molecule has 2 heterocycles. The van der Waals surface area contributed by atoms with E-state index in [4.69, 9.17) is 14.6 Å². The van der Waals surface area contributed by atoms with Crippen molar-refractivity contribution in [2.24, 2.45) is 5.92 Å². The highest BCUT2D eigenvalue weighted by atomic mass is 16.5. The van der Waals surface area contributed by atoms with Gasteiger partial charge in [0, 0.05) is 29.9 Å². The number of amides is 1. The van der Waals surface area contributed by atoms with Crippen molar-refractivity contribution in [3.63, 3.8) is 0 Å². The van der Waals surface area contributed by atoms with Crippen molar-refractivity contribution in [1.82, 2.24) is 19.9 Å². The SMILES string of the molecule is C/C=C(\C=C/N(C=O)CC(=O)O)c1cnc(C)nc1OCC1CC1c1ccc(OC)cn1. The third-order valence-electron chi connectivity index (χ3n) is 5.13. The molecule has 9 heteroatoms. The van der Waals surface area contributed by atoms with Crippen molar-refractivity contribution in [3.05, 3.63) is 60.0 Å². The molecule has 1 fully saturated rings. The second kappa shape index (κ2) is 10.5. The van der Waals surface area contributed by atoms with Gasteiger partial charge in [0.1, 0.15) is 18.1 Å². The van der Waals surface area contributed by atoms with E-state index in [1.54, 1.807) is 32.5 Å². The Kier molecular flexibility index (Phi) is 7.54. The molecule has 1 aliphatic carbocycles. The number of hydrogen-bond acceptors (Lipinski definition) is 7. The lowest BCUT2D eigenvalue weighted by atomic mass is 10.1. The topological polar surface area (TPSA) is 115 Å². The highest BCUT2D eigenvalue weighted by molar-refractivity contribution is 5.77. The van der Waals surface area contributed by atoms with Crippen LogP contribution in [0.3, 0.4) is 0 Å². The molecule has 0 aliphatic heterocycles. The molecule has 0 aromatic carbocycles. The maximum absolute atomic E-state index is 11.1. The molecule has 1 N–H and O–H groups in total. The quantitative estimate of drug-likeness (QED) is 0.421. The van der Waals surface area contributed by atoms with Gasteiger partial charge in [0.05, 0.1) is 25.5 Å². The number of rotatable bonds is 11. The summed E-state index contributed by atoms with van der Waals surface area (Å²) in [6, 6.07) is 3.88. The normalized spacial score (nSPS) is 17.8. The molecule has 1 saturated carbocycles. The van der Waals surface area contributed by atoms with E-state index in [2.05, 4.69) is 15.0 Å². The molecule has 168 valence electrons. The predicted octanol–water partition coefficient (Wildman–Crippen LogP) is 2.83. The van der Waals surface area contributed by atoms with Crippen LogP contribution in [-0.2, 0) is 9.59 Å². The number of methoxy groups -OCH3 is 1. The highest BCUT2D eigenvalue weighted by Gasteiger charge is 2.40. The lowest BCUT2D eigenvalue weighted by Crippen LogP contribution is -2.23. The van der Waals surface area contributed by atoms with Crippen molar-refractivity contribution >= 4 is 18.0 Å². The zero-order valence-electron chi connectivity index (χ0n) is 18.3. The van der Waals surface area contributed by atoms with Crippen molar-refractivity contribution in [2.75, 3.05) is 20.3 Å². The number of aliphatic carboxylic acids is 1. The second-order valence-electron chi connectivity index (χ2n) is 7.40. The number of carboxylic acids is 1. The molecule has 2 aromatic rings. The summed E-state index contributed by atoms with van der Waals surface area (Å²) in [6.07, 6.45) is 9.69. The van der Waals surface area contributed by atoms with Gasteiger partial charge in [-0.2, -0.15) is 4.98 Å². The van der Waals surface area contributed by atoms with E-state index in [1.807, 2.05) is 25.1 Å². The average molecular weight is 438 g/mol. The molecular weight excluding hydrogens is 412 g/mol. The Morgan fingerprint density at radius 2 is 2.12 bits per heavy atom. The fourth-order valence-corrected chi connectivity index (χ4v) is 3.27.